The van der Waals surface area contributed by atoms with Crippen molar-refractivity contribution in [3.05, 3.63) is 28.8 Å². The highest BCUT2D eigenvalue weighted by molar-refractivity contribution is 7.42. The van der Waals surface area contributed by atoms with E-state index in [1.807, 2.05) is 6.92 Å². The van der Waals surface area contributed by atoms with Crippen molar-refractivity contribution in [3.8, 4) is 5.75 Å². The van der Waals surface area contributed by atoms with Crippen molar-refractivity contribution in [2.24, 2.45) is 0 Å². The molecule has 1 unspecified atom stereocenters. The maximum absolute atomic E-state index is 5.60. The van der Waals surface area contributed by atoms with Gasteiger partial charge in [0.2, 0.25) is 0 Å². The molecule has 0 fully saturated rings. The van der Waals surface area contributed by atoms with E-state index < -0.39 is 8.60 Å². The lowest BCUT2D eigenvalue weighted by Crippen LogP contribution is -2.08. The van der Waals surface area contributed by atoms with Gasteiger partial charge in [-0.1, -0.05) is 17.7 Å². The highest BCUT2D eigenvalue weighted by atomic mass is 31.2. The molecule has 78 valence electrons. The summed E-state index contributed by atoms with van der Waals surface area (Å²) in [6.07, 6.45) is 0. The van der Waals surface area contributed by atoms with E-state index in [1.165, 1.54) is 5.56 Å². The Labute approximate surface area is 92.1 Å². The Balaban J connectivity index is 2.25. The number of aryl methyl sites for hydroxylation is 2. The van der Waals surface area contributed by atoms with E-state index in [2.05, 4.69) is 19.1 Å². The van der Waals surface area contributed by atoms with E-state index in [-0.39, 0.29) is 6.51 Å². The van der Waals surface area contributed by atoms with Gasteiger partial charge in [-0.05, 0) is 19.4 Å². The van der Waals surface area contributed by atoms with E-state index in [1.54, 1.807) is 0 Å². The third-order valence-electron chi connectivity index (χ3n) is 2.17. The van der Waals surface area contributed by atoms with Crippen LogP contribution in [0.2, 0.25) is 0 Å². The summed E-state index contributed by atoms with van der Waals surface area (Å²) in [6.45, 7) is 4.73. The van der Waals surface area contributed by atoms with Gasteiger partial charge in [0.15, 0.2) is 0 Å². The summed E-state index contributed by atoms with van der Waals surface area (Å²) in [5, 5.41) is 0. The molecule has 0 aliphatic carbocycles. The fourth-order valence-corrected chi connectivity index (χ4v) is 2.58. The topological polar surface area (TPSA) is 27.7 Å². The molecule has 1 atom stereocenters. The zero-order valence-electron chi connectivity index (χ0n) is 8.82. The minimum atomic E-state index is -1.31. The van der Waals surface area contributed by atoms with Crippen molar-refractivity contribution < 1.29 is 13.6 Å². The molecule has 1 aromatic rings. The van der Waals surface area contributed by atoms with Crippen LogP contribution in [-0.2, 0) is 15.7 Å². The van der Waals surface area contributed by atoms with Crippen LogP contribution in [0.25, 0.3) is 0 Å². The Morgan fingerprint density at radius 3 is 3.00 bits per heavy atom. The molecule has 15 heavy (non-hydrogen) atoms. The summed E-state index contributed by atoms with van der Waals surface area (Å²) in [5.41, 5.74) is 3.40. The maximum Gasteiger partial charge on any atom is 0.396 e. The van der Waals surface area contributed by atoms with Crippen molar-refractivity contribution >= 4 is 16.4 Å². The average molecular weight is 222 g/mol. The molecule has 3 nitrogen and oxygen atoms in total. The molecule has 1 aromatic carbocycles. The highest BCUT2D eigenvalue weighted by Crippen LogP contribution is 2.48. The van der Waals surface area contributed by atoms with Gasteiger partial charge in [0.05, 0.1) is 6.61 Å². The van der Waals surface area contributed by atoms with Crippen LogP contribution >= 0.6 is 8.60 Å². The molecular weight excluding hydrogens is 210 g/mol. The molecule has 0 N–H and O–H groups in total. The minimum absolute atomic E-state index is 0.117. The molecule has 0 saturated carbocycles. The normalized spacial score (nSPS) is 19.5. The number of benzene rings is 1. The van der Waals surface area contributed by atoms with Gasteiger partial charge >= 0.3 is 8.60 Å². The quantitative estimate of drug-likeness (QED) is 0.568. The summed E-state index contributed by atoms with van der Waals surface area (Å²) < 4.78 is 16.1. The van der Waals surface area contributed by atoms with Crippen LogP contribution in [0.1, 0.15) is 16.7 Å². The molecule has 0 saturated heterocycles. The molecule has 0 amide bonds. The molecule has 0 spiro atoms. The molecule has 0 aromatic heterocycles. The maximum atomic E-state index is 5.60. The van der Waals surface area contributed by atoms with Gasteiger partial charge in [0.25, 0.3) is 0 Å². The Hall–Kier alpha value is -0.565. The van der Waals surface area contributed by atoms with Gasteiger partial charge in [0, 0.05) is 12.1 Å². The lowest BCUT2D eigenvalue weighted by molar-refractivity contribution is 0.199. The van der Waals surface area contributed by atoms with Gasteiger partial charge in [-0.15, -0.1) is 0 Å². The number of rotatable bonds is 2. The predicted octanol–water partition coefficient (Wildman–Crippen LogP) is 2.58. The van der Waals surface area contributed by atoms with Gasteiger partial charge < -0.3 is 9.05 Å². The zero-order chi connectivity index (χ0) is 10.8. The summed E-state index contributed by atoms with van der Waals surface area (Å²) in [7, 11) is 3.97. The van der Waals surface area contributed by atoms with Crippen molar-refractivity contribution in [3.63, 3.8) is 0 Å². The van der Waals surface area contributed by atoms with Crippen molar-refractivity contribution in [1.82, 2.24) is 0 Å². The smallest absolute Gasteiger partial charge is 0.396 e. The predicted molar refractivity (Wildman–Crippen MR) is 60.0 cm³/mol. The van der Waals surface area contributed by atoms with Crippen LogP contribution in [0.15, 0.2) is 12.1 Å². The Morgan fingerprint density at radius 1 is 1.47 bits per heavy atom. The lowest BCUT2D eigenvalue weighted by Gasteiger charge is -2.25. The van der Waals surface area contributed by atoms with Gasteiger partial charge in [0.1, 0.15) is 13.6 Å². The second kappa shape index (κ2) is 4.52. The van der Waals surface area contributed by atoms with E-state index in [0.29, 0.717) is 6.61 Å². The van der Waals surface area contributed by atoms with Gasteiger partial charge in [-0.2, -0.15) is 0 Å². The first-order chi connectivity index (χ1) is 7.20. The van der Waals surface area contributed by atoms with E-state index in [0.717, 1.165) is 16.9 Å². The zero-order valence-corrected chi connectivity index (χ0v) is 9.71. The Bertz CT molecular complexity index is 370. The fraction of sp³-hybridized carbons (Fsp3) is 0.400. The number of hydrogen-bond donors (Lipinski definition) is 0. The Morgan fingerprint density at radius 2 is 2.27 bits per heavy atom. The molecule has 1 aliphatic heterocycles. The third-order valence-corrected chi connectivity index (χ3v) is 3.20. The first-order valence-corrected chi connectivity index (χ1v) is 5.84. The van der Waals surface area contributed by atoms with E-state index in [4.69, 9.17) is 21.4 Å². The summed E-state index contributed by atoms with van der Waals surface area (Å²) in [5.74, 6) is 0.881. The molecule has 0 bridgehead atoms. The first kappa shape index (κ1) is 10.9. The minimum Gasteiger partial charge on any atom is -0.426 e. The molecule has 2 radical (unpaired) electrons. The van der Waals surface area contributed by atoms with Gasteiger partial charge in [-0.3, -0.25) is 4.52 Å². The van der Waals surface area contributed by atoms with Crippen LogP contribution in [-0.4, -0.2) is 14.4 Å². The molecular formula is C10H12BO3P. The van der Waals surface area contributed by atoms with Crippen LogP contribution < -0.4 is 4.52 Å². The molecule has 5 heteroatoms. The third kappa shape index (κ3) is 2.33. The lowest BCUT2D eigenvalue weighted by atomic mass is 10.1. The van der Waals surface area contributed by atoms with Crippen LogP contribution in [0.5, 0.6) is 5.75 Å². The monoisotopic (exact) mass is 222 g/mol. The number of fused-ring (bicyclic) bond motifs is 1. The standard InChI is InChI=1S/C10H12BO3P/c1-7-3-8(2)10-9(4-7)5-12-15(14-10)13-6-11/h3-4H,5-6H2,1-2H3. The van der Waals surface area contributed by atoms with Crippen molar-refractivity contribution in [2.75, 3.05) is 6.51 Å². The largest absolute Gasteiger partial charge is 0.426 e. The molecule has 1 heterocycles. The van der Waals surface area contributed by atoms with Gasteiger partial charge in [-0.25, -0.2) is 0 Å². The SMILES string of the molecule is [B]COP1OCc2cc(C)cc(C)c2O1. The molecule has 1 aliphatic rings. The summed E-state index contributed by atoms with van der Waals surface area (Å²) in [6, 6.07) is 4.15. The van der Waals surface area contributed by atoms with Crippen molar-refractivity contribution in [1.29, 1.82) is 0 Å². The van der Waals surface area contributed by atoms with E-state index in [9.17, 15) is 0 Å². The van der Waals surface area contributed by atoms with E-state index >= 15 is 0 Å². The summed E-state index contributed by atoms with van der Waals surface area (Å²) >= 11 is 0. The molecule has 2 rings (SSSR count). The number of hydrogen-bond acceptors (Lipinski definition) is 3. The fourth-order valence-electron chi connectivity index (χ4n) is 1.63. The Kier molecular flexibility index (Phi) is 3.30. The first-order valence-electron chi connectivity index (χ1n) is 4.75. The second-order valence-electron chi connectivity index (χ2n) is 3.45. The second-order valence-corrected chi connectivity index (χ2v) is 4.60. The van der Waals surface area contributed by atoms with Crippen molar-refractivity contribution in [2.45, 2.75) is 20.5 Å². The highest BCUT2D eigenvalue weighted by Gasteiger charge is 2.24. The van der Waals surface area contributed by atoms with Crippen LogP contribution in [0, 0.1) is 13.8 Å². The van der Waals surface area contributed by atoms with Crippen LogP contribution in [0.4, 0.5) is 0 Å². The summed E-state index contributed by atoms with van der Waals surface area (Å²) in [4.78, 5) is 0. The average Bonchev–Trinajstić information content (AvgIpc) is 2.19. The van der Waals surface area contributed by atoms with Crippen LogP contribution in [0.3, 0.4) is 0 Å².